The molecule has 9 heteroatoms. The second-order valence-electron chi connectivity index (χ2n) is 7.77. The molecule has 3 heterocycles. The van der Waals surface area contributed by atoms with Crippen molar-refractivity contribution in [3.63, 3.8) is 0 Å². The van der Waals surface area contributed by atoms with E-state index in [4.69, 9.17) is 16.1 Å². The number of hydrogen-bond donors (Lipinski definition) is 2. The Hall–Kier alpha value is -3.33. The van der Waals surface area contributed by atoms with Gasteiger partial charge in [-0.05, 0) is 35.6 Å². The van der Waals surface area contributed by atoms with E-state index in [1.807, 2.05) is 24.4 Å². The number of benzene rings is 1. The van der Waals surface area contributed by atoms with Crippen LogP contribution in [0.15, 0.2) is 41.2 Å². The Morgan fingerprint density at radius 1 is 1.27 bits per heavy atom. The van der Waals surface area contributed by atoms with Gasteiger partial charge in [0.25, 0.3) is 0 Å². The number of fused-ring (bicyclic) bond motifs is 2. The van der Waals surface area contributed by atoms with Gasteiger partial charge in [0.15, 0.2) is 11.5 Å². The zero-order valence-corrected chi connectivity index (χ0v) is 18.1. The maximum Gasteiger partial charge on any atom is 0.169 e. The Balaban J connectivity index is 0.00000272. The number of aromatic nitrogens is 4. The third-order valence-corrected chi connectivity index (χ3v) is 5.40. The predicted molar refractivity (Wildman–Crippen MR) is 124 cm³/mol. The molecule has 4 aromatic rings. The molecule has 1 aromatic carbocycles. The largest absolute Gasteiger partial charge is 0.398 e. The first-order chi connectivity index (χ1) is 14.2. The highest BCUT2D eigenvalue weighted by atomic mass is 32.2. The van der Waals surface area contributed by atoms with Crippen LogP contribution in [-0.4, -0.2) is 42.5 Å². The maximum atomic E-state index is 12.5. The highest BCUT2D eigenvalue weighted by Gasteiger charge is 2.20. The molecular weight excluding hydrogens is 398 g/mol. The van der Waals surface area contributed by atoms with Crippen LogP contribution < -0.4 is 5.73 Å². The fourth-order valence-corrected chi connectivity index (χ4v) is 4.04. The minimum Gasteiger partial charge on any atom is -0.398 e. The molecule has 0 fully saturated rings. The van der Waals surface area contributed by atoms with Gasteiger partial charge >= 0.3 is 0 Å². The van der Waals surface area contributed by atoms with Crippen molar-refractivity contribution in [1.29, 1.82) is 5.41 Å². The number of nitrogens with two attached hydrogens (primary N) is 1. The van der Waals surface area contributed by atoms with Gasteiger partial charge in [-0.3, -0.25) is 0 Å². The van der Waals surface area contributed by atoms with E-state index in [9.17, 15) is 4.21 Å². The molecule has 0 aliphatic carbocycles. The molecule has 3 aromatic heterocycles. The summed E-state index contributed by atoms with van der Waals surface area (Å²) in [5, 5.41) is 13.5. The van der Waals surface area contributed by atoms with E-state index in [0.717, 1.165) is 27.9 Å². The van der Waals surface area contributed by atoms with Crippen molar-refractivity contribution < 1.29 is 5.64 Å². The molecule has 0 atom stereocenters. The number of nitrogens with one attached hydrogen (secondary N) is 1. The Morgan fingerprint density at radius 3 is 2.70 bits per heavy atom. The third-order valence-electron chi connectivity index (χ3n) is 4.79. The molecule has 156 valence electrons. The van der Waals surface area contributed by atoms with Crippen LogP contribution in [0.1, 0.15) is 32.4 Å². The highest BCUT2D eigenvalue weighted by molar-refractivity contribution is 7.92. The minimum absolute atomic E-state index is 0. The number of nitrogen functional groups attached to an aromatic ring is 1. The molecule has 0 spiro atoms. The molecule has 0 saturated heterocycles. The van der Waals surface area contributed by atoms with Crippen molar-refractivity contribution in [3.05, 3.63) is 48.0 Å². The molecule has 0 aliphatic heterocycles. The molecule has 3 N–H and O–H groups in total. The van der Waals surface area contributed by atoms with E-state index in [0.29, 0.717) is 22.5 Å². The second-order valence-corrected chi connectivity index (χ2v) is 10.3. The summed E-state index contributed by atoms with van der Waals surface area (Å²) in [6.45, 7) is 4.11. The molecule has 0 saturated carbocycles. The van der Waals surface area contributed by atoms with Gasteiger partial charge in [-0.15, -0.1) is 0 Å². The van der Waals surface area contributed by atoms with Crippen LogP contribution in [0.25, 0.3) is 27.5 Å². The summed E-state index contributed by atoms with van der Waals surface area (Å²) in [6.07, 6.45) is 7.81. The van der Waals surface area contributed by atoms with Crippen molar-refractivity contribution in [3.8, 4) is 11.1 Å². The van der Waals surface area contributed by atoms with Crippen molar-refractivity contribution in [2.24, 2.45) is 4.36 Å². The predicted octanol–water partition coefficient (Wildman–Crippen LogP) is 4.25. The van der Waals surface area contributed by atoms with Crippen LogP contribution in [0.5, 0.6) is 0 Å². The average molecular weight is 424 g/mol. The molecule has 30 heavy (non-hydrogen) atoms. The monoisotopic (exact) mass is 423 g/mol. The van der Waals surface area contributed by atoms with Crippen LogP contribution in [0.3, 0.4) is 0 Å². The third kappa shape index (κ3) is 3.52. The molecule has 0 radical (unpaired) electrons. The van der Waals surface area contributed by atoms with Crippen molar-refractivity contribution in [2.45, 2.75) is 19.8 Å². The average Bonchev–Trinajstić information content (AvgIpc) is 3.14. The Morgan fingerprint density at radius 2 is 2.03 bits per heavy atom. The fraction of sp³-hybridized carbons (Fsp3) is 0.238. The first-order valence-corrected chi connectivity index (χ1v) is 11.8. The molecule has 0 amide bonds. The fourth-order valence-electron chi connectivity index (χ4n) is 3.48. The molecule has 8 nitrogen and oxygen atoms in total. The van der Waals surface area contributed by atoms with E-state index in [-0.39, 0.29) is 7.34 Å². The molecular formula is C21H25N7OS. The topological polar surface area (TPSA) is 122 Å². The van der Waals surface area contributed by atoms with Crippen molar-refractivity contribution in [2.75, 3.05) is 18.2 Å². The Kier molecular flexibility index (Phi) is 4.77. The van der Waals surface area contributed by atoms with Gasteiger partial charge in [0, 0.05) is 63.8 Å². The lowest BCUT2D eigenvalue weighted by Crippen LogP contribution is -2.03. The van der Waals surface area contributed by atoms with Gasteiger partial charge < -0.3 is 11.1 Å². The van der Waals surface area contributed by atoms with Crippen molar-refractivity contribution in [1.82, 2.24) is 19.6 Å². The van der Waals surface area contributed by atoms with Crippen molar-refractivity contribution >= 4 is 43.9 Å². The van der Waals surface area contributed by atoms with E-state index in [2.05, 4.69) is 28.3 Å². The molecule has 0 aliphatic rings. The number of nitrogens with zero attached hydrogens (tertiary/aromatic N) is 5. The summed E-state index contributed by atoms with van der Waals surface area (Å²) in [5.74, 6) is 0.480. The zero-order chi connectivity index (χ0) is 21.6. The quantitative estimate of drug-likeness (QED) is 0.375. The van der Waals surface area contributed by atoms with Crippen LogP contribution in [0.4, 0.5) is 11.5 Å². The Labute approximate surface area is 176 Å². The number of rotatable bonds is 4. The first-order valence-electron chi connectivity index (χ1n) is 9.42. The number of hydrogen-bond acceptors (Lipinski definition) is 7. The SMILES string of the molecule is CC(C)c1nc(N=S(C)(C)=O)c2cc(N)c(C=N)cc2c1-c1ccc2ncnn2c1.[HH]. The van der Waals surface area contributed by atoms with Gasteiger partial charge in [-0.2, -0.15) is 9.46 Å². The second kappa shape index (κ2) is 7.17. The van der Waals surface area contributed by atoms with Crippen LogP contribution in [-0.2, 0) is 9.73 Å². The van der Waals surface area contributed by atoms with Crippen LogP contribution >= 0.6 is 0 Å². The van der Waals surface area contributed by atoms with E-state index in [1.165, 1.54) is 12.5 Å². The summed E-state index contributed by atoms with van der Waals surface area (Å²) in [4.78, 5) is 9.03. The lowest BCUT2D eigenvalue weighted by atomic mass is 9.92. The summed E-state index contributed by atoms with van der Waals surface area (Å²) < 4.78 is 18.6. The maximum absolute atomic E-state index is 12.5. The smallest absolute Gasteiger partial charge is 0.169 e. The summed E-state index contributed by atoms with van der Waals surface area (Å²) in [7, 11) is -2.43. The van der Waals surface area contributed by atoms with Gasteiger partial charge in [-0.25, -0.2) is 18.7 Å². The van der Waals surface area contributed by atoms with E-state index < -0.39 is 9.73 Å². The Bertz CT molecular complexity index is 1430. The lowest BCUT2D eigenvalue weighted by molar-refractivity contribution is 0.684. The van der Waals surface area contributed by atoms with Crippen LogP contribution in [0.2, 0.25) is 0 Å². The summed E-state index contributed by atoms with van der Waals surface area (Å²) in [6, 6.07) is 7.51. The van der Waals surface area contributed by atoms with Gasteiger partial charge in [-0.1, -0.05) is 13.8 Å². The number of anilines is 1. The first kappa shape index (κ1) is 20.0. The van der Waals surface area contributed by atoms with E-state index in [1.54, 1.807) is 23.1 Å². The van der Waals surface area contributed by atoms with Gasteiger partial charge in [0.1, 0.15) is 6.33 Å². The standard InChI is InChI=1S/C21H23N7OS.H2/c1-12(2)20-19(13-5-6-18-24-11-25-28(18)10-13)15-7-14(9-22)17(23)8-16(15)21(26-20)27-30(3,4)29;/h5-12,22H,23H2,1-4H3;1H. The molecule has 0 bridgehead atoms. The highest BCUT2D eigenvalue weighted by Crippen LogP contribution is 2.40. The van der Waals surface area contributed by atoms with Gasteiger partial charge in [0.2, 0.25) is 0 Å². The van der Waals surface area contributed by atoms with Crippen LogP contribution in [0, 0.1) is 5.41 Å². The minimum atomic E-state index is -2.43. The molecule has 4 rings (SSSR count). The van der Waals surface area contributed by atoms with E-state index >= 15 is 0 Å². The van der Waals surface area contributed by atoms with Gasteiger partial charge in [0.05, 0.1) is 5.69 Å². The number of pyridine rings is 2. The summed E-state index contributed by atoms with van der Waals surface area (Å²) in [5.41, 5.74) is 10.6. The summed E-state index contributed by atoms with van der Waals surface area (Å²) >= 11 is 0. The lowest BCUT2D eigenvalue weighted by Gasteiger charge is -2.18. The normalized spacial score (nSPS) is 12.0. The zero-order valence-electron chi connectivity index (χ0n) is 17.2. The molecule has 0 unspecified atom stereocenters.